The fraction of sp³-hybridized carbons (Fsp3) is 0.462. The SMILES string of the molecule is CCOC(=O)C(O)c1c(C)cc(OC)cc1C. The molecule has 0 spiro atoms. The molecule has 0 bridgehead atoms. The quantitative estimate of drug-likeness (QED) is 0.814. The Balaban J connectivity index is 3.09. The summed E-state index contributed by atoms with van der Waals surface area (Å²) in [7, 11) is 1.58. The van der Waals surface area contributed by atoms with E-state index in [1.165, 1.54) is 0 Å². The molecule has 4 nitrogen and oxygen atoms in total. The number of benzene rings is 1. The standard InChI is InChI=1S/C13H18O4/c1-5-17-13(15)12(14)11-8(2)6-10(16-4)7-9(11)3/h6-7,12,14H,5H2,1-4H3. The van der Waals surface area contributed by atoms with Gasteiger partial charge in [-0.15, -0.1) is 0 Å². The lowest BCUT2D eigenvalue weighted by Crippen LogP contribution is -2.17. The van der Waals surface area contributed by atoms with Gasteiger partial charge >= 0.3 is 5.97 Å². The zero-order chi connectivity index (χ0) is 13.0. The van der Waals surface area contributed by atoms with Crippen LogP contribution in [0.3, 0.4) is 0 Å². The lowest BCUT2D eigenvalue weighted by Gasteiger charge is -2.16. The summed E-state index contributed by atoms with van der Waals surface area (Å²) in [4.78, 5) is 11.5. The molecule has 0 aromatic heterocycles. The molecule has 1 aromatic carbocycles. The van der Waals surface area contributed by atoms with Crippen molar-refractivity contribution in [2.45, 2.75) is 26.9 Å². The van der Waals surface area contributed by atoms with Crippen molar-refractivity contribution in [2.75, 3.05) is 13.7 Å². The first-order valence-electron chi connectivity index (χ1n) is 5.51. The van der Waals surface area contributed by atoms with Crippen LogP contribution in [0, 0.1) is 13.8 Å². The van der Waals surface area contributed by atoms with Crippen LogP contribution in [0.25, 0.3) is 0 Å². The van der Waals surface area contributed by atoms with E-state index in [-0.39, 0.29) is 6.61 Å². The van der Waals surface area contributed by atoms with E-state index in [0.29, 0.717) is 11.3 Å². The van der Waals surface area contributed by atoms with Gasteiger partial charge in [-0.3, -0.25) is 0 Å². The van der Waals surface area contributed by atoms with Crippen molar-refractivity contribution in [3.8, 4) is 5.75 Å². The molecule has 0 saturated heterocycles. The smallest absolute Gasteiger partial charge is 0.339 e. The number of methoxy groups -OCH3 is 1. The molecule has 0 aliphatic rings. The normalized spacial score (nSPS) is 12.1. The molecule has 0 amide bonds. The van der Waals surface area contributed by atoms with Gasteiger partial charge < -0.3 is 14.6 Å². The zero-order valence-electron chi connectivity index (χ0n) is 10.6. The van der Waals surface area contributed by atoms with Gasteiger partial charge in [-0.25, -0.2) is 4.79 Å². The third-order valence-electron chi connectivity index (χ3n) is 2.59. The van der Waals surface area contributed by atoms with E-state index in [0.717, 1.165) is 11.1 Å². The Bertz CT molecular complexity index is 389. The number of carbonyl (C=O) groups excluding carboxylic acids is 1. The van der Waals surface area contributed by atoms with Crippen LogP contribution in [0.1, 0.15) is 29.7 Å². The fourth-order valence-corrected chi connectivity index (χ4v) is 1.82. The molecule has 1 N–H and O–H groups in total. The maximum atomic E-state index is 11.5. The summed E-state index contributed by atoms with van der Waals surface area (Å²) < 4.78 is 9.93. The molecule has 0 aliphatic heterocycles. The van der Waals surface area contributed by atoms with E-state index in [4.69, 9.17) is 9.47 Å². The van der Waals surface area contributed by atoms with Crippen molar-refractivity contribution in [3.05, 3.63) is 28.8 Å². The Morgan fingerprint density at radius 1 is 1.35 bits per heavy atom. The highest BCUT2D eigenvalue weighted by Crippen LogP contribution is 2.27. The molecule has 17 heavy (non-hydrogen) atoms. The second kappa shape index (κ2) is 5.68. The molecular weight excluding hydrogens is 220 g/mol. The third-order valence-corrected chi connectivity index (χ3v) is 2.59. The van der Waals surface area contributed by atoms with Crippen molar-refractivity contribution < 1.29 is 19.4 Å². The summed E-state index contributed by atoms with van der Waals surface area (Å²) in [5, 5.41) is 9.93. The van der Waals surface area contributed by atoms with Crippen LogP contribution in [0.5, 0.6) is 5.75 Å². The first kappa shape index (κ1) is 13.5. The third kappa shape index (κ3) is 2.97. The molecule has 1 atom stereocenters. The van der Waals surface area contributed by atoms with Crippen LogP contribution in [-0.4, -0.2) is 24.8 Å². The van der Waals surface area contributed by atoms with Crippen molar-refractivity contribution >= 4 is 5.97 Å². The molecule has 1 rings (SSSR count). The highest BCUT2D eigenvalue weighted by molar-refractivity contribution is 5.77. The van der Waals surface area contributed by atoms with Crippen molar-refractivity contribution in [1.82, 2.24) is 0 Å². The molecule has 1 unspecified atom stereocenters. The van der Waals surface area contributed by atoms with Crippen LogP contribution in [-0.2, 0) is 9.53 Å². The molecule has 0 saturated carbocycles. The summed E-state index contributed by atoms with van der Waals surface area (Å²) in [6.07, 6.45) is -1.24. The van der Waals surface area contributed by atoms with Crippen LogP contribution < -0.4 is 4.74 Å². The van der Waals surface area contributed by atoms with Gasteiger partial charge in [0, 0.05) is 0 Å². The van der Waals surface area contributed by atoms with E-state index in [9.17, 15) is 9.90 Å². The predicted octanol–water partition coefficient (Wildman–Crippen LogP) is 1.91. The minimum Gasteiger partial charge on any atom is -0.497 e. The van der Waals surface area contributed by atoms with E-state index in [2.05, 4.69) is 0 Å². The van der Waals surface area contributed by atoms with Crippen LogP contribution in [0.2, 0.25) is 0 Å². The molecule has 0 aliphatic carbocycles. The average Bonchev–Trinajstić information content (AvgIpc) is 2.28. The van der Waals surface area contributed by atoms with Gasteiger partial charge in [0.25, 0.3) is 0 Å². The molecule has 94 valence electrons. The largest absolute Gasteiger partial charge is 0.497 e. The lowest BCUT2D eigenvalue weighted by atomic mass is 9.97. The summed E-state index contributed by atoms with van der Waals surface area (Å²) >= 11 is 0. The second-order valence-corrected chi connectivity index (χ2v) is 3.83. The first-order chi connectivity index (χ1) is 8.01. The number of rotatable bonds is 4. The summed E-state index contributed by atoms with van der Waals surface area (Å²) in [5.74, 6) is 0.0867. The van der Waals surface area contributed by atoms with Gasteiger partial charge in [-0.2, -0.15) is 0 Å². The topological polar surface area (TPSA) is 55.8 Å². The summed E-state index contributed by atoms with van der Waals surface area (Å²) in [5.41, 5.74) is 2.20. The highest BCUT2D eigenvalue weighted by Gasteiger charge is 2.22. The van der Waals surface area contributed by atoms with E-state index >= 15 is 0 Å². The molecule has 0 fully saturated rings. The van der Waals surface area contributed by atoms with Crippen LogP contribution in [0.15, 0.2) is 12.1 Å². The second-order valence-electron chi connectivity index (χ2n) is 3.83. The Morgan fingerprint density at radius 2 is 1.88 bits per heavy atom. The van der Waals surface area contributed by atoms with Crippen LogP contribution >= 0.6 is 0 Å². The predicted molar refractivity (Wildman–Crippen MR) is 64.1 cm³/mol. The van der Waals surface area contributed by atoms with E-state index < -0.39 is 12.1 Å². The molecule has 0 heterocycles. The molecule has 1 aromatic rings. The van der Waals surface area contributed by atoms with Gasteiger partial charge in [0.1, 0.15) is 5.75 Å². The lowest BCUT2D eigenvalue weighted by molar-refractivity contribution is -0.153. The number of aliphatic hydroxyl groups is 1. The first-order valence-corrected chi connectivity index (χ1v) is 5.51. The Morgan fingerprint density at radius 3 is 2.29 bits per heavy atom. The number of hydrogen-bond acceptors (Lipinski definition) is 4. The molecule has 4 heteroatoms. The van der Waals surface area contributed by atoms with Gasteiger partial charge in [0.2, 0.25) is 0 Å². The number of aliphatic hydroxyl groups excluding tert-OH is 1. The van der Waals surface area contributed by atoms with Gasteiger partial charge in [0.05, 0.1) is 13.7 Å². The van der Waals surface area contributed by atoms with Gasteiger partial charge in [-0.05, 0) is 49.6 Å². The average molecular weight is 238 g/mol. The maximum absolute atomic E-state index is 11.5. The minimum atomic E-state index is -1.24. The van der Waals surface area contributed by atoms with Crippen molar-refractivity contribution in [2.24, 2.45) is 0 Å². The van der Waals surface area contributed by atoms with Crippen molar-refractivity contribution in [1.29, 1.82) is 0 Å². The van der Waals surface area contributed by atoms with Crippen molar-refractivity contribution in [3.63, 3.8) is 0 Å². The fourth-order valence-electron chi connectivity index (χ4n) is 1.82. The summed E-state index contributed by atoms with van der Waals surface area (Å²) in [6.45, 7) is 5.61. The van der Waals surface area contributed by atoms with E-state index in [1.807, 2.05) is 13.8 Å². The Hall–Kier alpha value is -1.55. The number of aryl methyl sites for hydroxylation is 2. The van der Waals surface area contributed by atoms with Gasteiger partial charge in [-0.1, -0.05) is 0 Å². The number of hydrogen-bond donors (Lipinski definition) is 1. The maximum Gasteiger partial charge on any atom is 0.339 e. The highest BCUT2D eigenvalue weighted by atomic mass is 16.5. The number of ether oxygens (including phenoxy) is 2. The zero-order valence-corrected chi connectivity index (χ0v) is 10.6. The monoisotopic (exact) mass is 238 g/mol. The Kier molecular flexibility index (Phi) is 4.52. The van der Waals surface area contributed by atoms with Gasteiger partial charge in [0.15, 0.2) is 6.10 Å². The Labute approximate surface area is 101 Å². The minimum absolute atomic E-state index is 0.254. The summed E-state index contributed by atoms with van der Waals surface area (Å²) in [6, 6.07) is 3.57. The molecular formula is C13H18O4. The van der Waals surface area contributed by atoms with Crippen LogP contribution in [0.4, 0.5) is 0 Å². The number of esters is 1. The molecule has 0 radical (unpaired) electrons. The van der Waals surface area contributed by atoms with E-state index in [1.54, 1.807) is 26.2 Å². The number of carbonyl (C=O) groups is 1.